The van der Waals surface area contributed by atoms with Gasteiger partial charge in [-0.3, -0.25) is 4.79 Å². The zero-order valence-corrected chi connectivity index (χ0v) is 16.5. The van der Waals surface area contributed by atoms with Gasteiger partial charge in [0.15, 0.2) is 5.75 Å². The van der Waals surface area contributed by atoms with Gasteiger partial charge >= 0.3 is 0 Å². The Morgan fingerprint density at radius 2 is 1.96 bits per heavy atom. The van der Waals surface area contributed by atoms with Gasteiger partial charge in [0.05, 0.1) is 23.3 Å². The Morgan fingerprint density at radius 3 is 2.64 bits per heavy atom. The average molecular weight is 380 g/mol. The Labute approximate surface area is 163 Å². The molecule has 28 heavy (non-hydrogen) atoms. The normalized spacial score (nSPS) is 17.2. The molecule has 0 N–H and O–H groups in total. The van der Waals surface area contributed by atoms with E-state index >= 15 is 0 Å². The van der Waals surface area contributed by atoms with Gasteiger partial charge in [-0.05, 0) is 38.8 Å². The predicted molar refractivity (Wildman–Crippen MR) is 104 cm³/mol. The first-order valence-corrected chi connectivity index (χ1v) is 9.89. The molecule has 0 aliphatic carbocycles. The average Bonchev–Trinajstić information content (AvgIpc) is 3.24. The number of imidazole rings is 1. The number of carbonyl (C=O) groups is 1. The highest BCUT2D eigenvalue weighted by Crippen LogP contribution is 2.43. The SMILES string of the molecule is CC(=O)N1CCC(c2nc3ccc(-c4c(C)noc4C)c4c3n2CCO4)CC1. The van der Waals surface area contributed by atoms with Gasteiger partial charge in [0, 0.05) is 31.5 Å². The predicted octanol–water partition coefficient (Wildman–Crippen LogP) is 3.43. The fraction of sp³-hybridized carbons (Fsp3) is 0.476. The summed E-state index contributed by atoms with van der Waals surface area (Å²) in [5.41, 5.74) is 4.91. The maximum Gasteiger partial charge on any atom is 0.219 e. The lowest BCUT2D eigenvalue weighted by Gasteiger charge is -2.31. The lowest BCUT2D eigenvalue weighted by atomic mass is 9.96. The topological polar surface area (TPSA) is 73.4 Å². The number of aromatic nitrogens is 3. The van der Waals surface area contributed by atoms with Crippen LogP contribution < -0.4 is 4.74 Å². The Balaban J connectivity index is 1.60. The first-order valence-electron chi connectivity index (χ1n) is 9.89. The second-order valence-electron chi connectivity index (χ2n) is 7.76. The molecule has 0 radical (unpaired) electrons. The van der Waals surface area contributed by atoms with Crippen LogP contribution in [-0.4, -0.2) is 45.2 Å². The minimum absolute atomic E-state index is 0.160. The molecular formula is C21H24N4O3. The summed E-state index contributed by atoms with van der Waals surface area (Å²) in [6, 6.07) is 4.13. The Hall–Kier alpha value is -2.83. The van der Waals surface area contributed by atoms with Crippen molar-refractivity contribution in [2.45, 2.75) is 46.1 Å². The van der Waals surface area contributed by atoms with Crippen LogP contribution in [0.1, 0.15) is 43.0 Å². The van der Waals surface area contributed by atoms with Gasteiger partial charge < -0.3 is 18.7 Å². The van der Waals surface area contributed by atoms with E-state index in [9.17, 15) is 4.79 Å². The number of likely N-dealkylation sites (tertiary alicyclic amines) is 1. The smallest absolute Gasteiger partial charge is 0.219 e. The van der Waals surface area contributed by atoms with E-state index in [-0.39, 0.29) is 5.91 Å². The minimum atomic E-state index is 0.160. The van der Waals surface area contributed by atoms with E-state index in [0.717, 1.165) is 77.7 Å². The molecule has 0 atom stereocenters. The van der Waals surface area contributed by atoms with E-state index in [1.54, 1.807) is 6.92 Å². The lowest BCUT2D eigenvalue weighted by Crippen LogP contribution is -2.37. The number of hydrogen-bond acceptors (Lipinski definition) is 5. The van der Waals surface area contributed by atoms with Crippen LogP contribution in [0, 0.1) is 13.8 Å². The maximum atomic E-state index is 11.6. The number of rotatable bonds is 2. The fourth-order valence-corrected chi connectivity index (χ4v) is 4.65. The zero-order valence-electron chi connectivity index (χ0n) is 16.5. The number of ether oxygens (including phenoxy) is 1. The minimum Gasteiger partial charge on any atom is -0.489 e. The van der Waals surface area contributed by atoms with Crippen molar-refractivity contribution in [1.29, 1.82) is 0 Å². The summed E-state index contributed by atoms with van der Waals surface area (Å²) in [4.78, 5) is 18.6. The largest absolute Gasteiger partial charge is 0.489 e. The molecule has 1 aromatic carbocycles. The van der Waals surface area contributed by atoms with Crippen molar-refractivity contribution in [3.63, 3.8) is 0 Å². The van der Waals surface area contributed by atoms with Crippen LogP contribution in [0.15, 0.2) is 16.7 Å². The quantitative estimate of drug-likeness (QED) is 0.681. The highest BCUT2D eigenvalue weighted by molar-refractivity contribution is 5.92. The van der Waals surface area contributed by atoms with Crippen LogP contribution in [0.5, 0.6) is 5.75 Å². The molecule has 7 nitrogen and oxygen atoms in total. The second kappa shape index (κ2) is 6.36. The molecule has 0 spiro atoms. The third-order valence-corrected chi connectivity index (χ3v) is 6.06. The summed E-state index contributed by atoms with van der Waals surface area (Å²) in [6.07, 6.45) is 1.91. The van der Waals surface area contributed by atoms with E-state index < -0.39 is 0 Å². The maximum absolute atomic E-state index is 11.6. The lowest BCUT2D eigenvalue weighted by molar-refractivity contribution is -0.129. The Morgan fingerprint density at radius 1 is 1.18 bits per heavy atom. The van der Waals surface area contributed by atoms with Crippen molar-refractivity contribution in [1.82, 2.24) is 19.6 Å². The molecule has 1 fully saturated rings. The van der Waals surface area contributed by atoms with Crippen LogP contribution in [0.25, 0.3) is 22.2 Å². The van der Waals surface area contributed by atoms with E-state index in [0.29, 0.717) is 12.5 Å². The van der Waals surface area contributed by atoms with Gasteiger partial charge in [-0.2, -0.15) is 0 Å². The summed E-state index contributed by atoms with van der Waals surface area (Å²) < 4.78 is 13.8. The van der Waals surface area contributed by atoms with E-state index in [2.05, 4.69) is 21.9 Å². The molecule has 2 aliphatic rings. The first kappa shape index (κ1) is 17.3. The van der Waals surface area contributed by atoms with Gasteiger partial charge in [0.2, 0.25) is 5.91 Å². The highest BCUT2D eigenvalue weighted by Gasteiger charge is 2.30. The molecule has 0 bridgehead atoms. The molecule has 7 heteroatoms. The number of carbonyl (C=O) groups excluding carboxylic acids is 1. The number of benzene rings is 1. The first-order chi connectivity index (χ1) is 13.5. The molecule has 0 saturated carbocycles. The summed E-state index contributed by atoms with van der Waals surface area (Å²) in [6.45, 7) is 8.56. The summed E-state index contributed by atoms with van der Waals surface area (Å²) in [5.74, 6) is 3.33. The molecule has 2 aliphatic heterocycles. The van der Waals surface area contributed by atoms with Crippen LogP contribution in [0.4, 0.5) is 0 Å². The van der Waals surface area contributed by atoms with Crippen LogP contribution in [-0.2, 0) is 11.3 Å². The molecule has 4 heterocycles. The number of piperidine rings is 1. The molecule has 3 aromatic rings. The number of amides is 1. The van der Waals surface area contributed by atoms with Gasteiger partial charge in [-0.25, -0.2) is 4.98 Å². The van der Waals surface area contributed by atoms with Crippen molar-refractivity contribution in [2.24, 2.45) is 0 Å². The van der Waals surface area contributed by atoms with Crippen molar-refractivity contribution in [3.8, 4) is 16.9 Å². The van der Waals surface area contributed by atoms with Gasteiger partial charge in [-0.1, -0.05) is 5.16 Å². The molecule has 0 unspecified atom stereocenters. The number of aryl methyl sites for hydroxylation is 2. The van der Waals surface area contributed by atoms with E-state index in [4.69, 9.17) is 14.2 Å². The van der Waals surface area contributed by atoms with Crippen molar-refractivity contribution < 1.29 is 14.1 Å². The molecular weight excluding hydrogens is 356 g/mol. The molecule has 5 rings (SSSR count). The van der Waals surface area contributed by atoms with Gasteiger partial charge in [0.25, 0.3) is 0 Å². The van der Waals surface area contributed by atoms with Crippen molar-refractivity contribution >= 4 is 16.9 Å². The van der Waals surface area contributed by atoms with Crippen molar-refractivity contribution in [3.05, 3.63) is 29.4 Å². The fourth-order valence-electron chi connectivity index (χ4n) is 4.65. The Kier molecular flexibility index (Phi) is 3.92. The highest BCUT2D eigenvalue weighted by atomic mass is 16.5. The molecule has 146 valence electrons. The Bertz CT molecular complexity index is 1050. The number of nitrogens with zero attached hydrogens (tertiary/aromatic N) is 4. The van der Waals surface area contributed by atoms with Gasteiger partial charge in [0.1, 0.15) is 23.7 Å². The standard InChI is InChI=1S/C21H24N4O3/c1-12-18(13(2)28-23-12)16-4-5-17-19-20(16)27-11-10-25(19)21(22-17)15-6-8-24(9-7-15)14(3)26/h4-5,15H,6-11H2,1-3H3. The second-order valence-corrected chi connectivity index (χ2v) is 7.76. The summed E-state index contributed by atoms with van der Waals surface area (Å²) in [5, 5.41) is 4.10. The third kappa shape index (κ3) is 2.52. The monoisotopic (exact) mass is 380 g/mol. The number of hydrogen-bond donors (Lipinski definition) is 0. The summed E-state index contributed by atoms with van der Waals surface area (Å²) >= 11 is 0. The molecule has 2 aromatic heterocycles. The zero-order chi connectivity index (χ0) is 19.4. The van der Waals surface area contributed by atoms with Crippen molar-refractivity contribution in [2.75, 3.05) is 19.7 Å². The van der Waals surface area contributed by atoms with Crippen LogP contribution in [0.2, 0.25) is 0 Å². The molecule has 1 amide bonds. The van der Waals surface area contributed by atoms with Crippen LogP contribution in [0.3, 0.4) is 0 Å². The van der Waals surface area contributed by atoms with Crippen LogP contribution >= 0.6 is 0 Å². The molecule has 1 saturated heterocycles. The van der Waals surface area contributed by atoms with E-state index in [1.165, 1.54) is 0 Å². The van der Waals surface area contributed by atoms with Gasteiger partial charge in [-0.15, -0.1) is 0 Å². The summed E-state index contributed by atoms with van der Waals surface area (Å²) in [7, 11) is 0. The van der Waals surface area contributed by atoms with E-state index in [1.807, 2.05) is 18.7 Å². The third-order valence-electron chi connectivity index (χ3n) is 6.06.